The van der Waals surface area contributed by atoms with Gasteiger partial charge in [-0.2, -0.15) is 0 Å². The molecule has 0 saturated heterocycles. The topological polar surface area (TPSA) is 41.1 Å². The number of aryl methyl sites for hydroxylation is 1. The molecule has 0 atom stereocenters. The highest BCUT2D eigenvalue weighted by molar-refractivity contribution is 6.00. The summed E-state index contributed by atoms with van der Waals surface area (Å²) in [6.45, 7) is 3.13. The number of amides is 1. The van der Waals surface area contributed by atoms with E-state index in [9.17, 15) is 4.79 Å². The molecule has 1 saturated carbocycles. The van der Waals surface area contributed by atoms with E-state index in [2.05, 4.69) is 23.6 Å². The average molecular weight is 258 g/mol. The number of hydrogen-bond acceptors (Lipinski definition) is 2. The second-order valence-electron chi connectivity index (χ2n) is 6.09. The van der Waals surface area contributed by atoms with Gasteiger partial charge in [-0.1, -0.05) is 25.0 Å². The molecule has 3 nitrogen and oxygen atoms in total. The van der Waals surface area contributed by atoms with Crippen molar-refractivity contribution in [2.24, 2.45) is 0 Å². The first kappa shape index (κ1) is 12.5. The Morgan fingerprint density at radius 3 is 2.84 bits per heavy atom. The largest absolute Gasteiger partial charge is 0.384 e. The first-order chi connectivity index (χ1) is 9.18. The van der Waals surface area contributed by atoms with Gasteiger partial charge in [0.15, 0.2) is 0 Å². The quantitative estimate of drug-likeness (QED) is 0.855. The van der Waals surface area contributed by atoms with Gasteiger partial charge in [0.05, 0.1) is 11.3 Å². The number of anilines is 1. The lowest BCUT2D eigenvalue weighted by Gasteiger charge is -2.27. The van der Waals surface area contributed by atoms with Gasteiger partial charge in [-0.15, -0.1) is 0 Å². The maximum absolute atomic E-state index is 12.5. The van der Waals surface area contributed by atoms with Crippen LogP contribution in [0.15, 0.2) is 18.2 Å². The predicted molar refractivity (Wildman–Crippen MR) is 77.6 cm³/mol. The van der Waals surface area contributed by atoms with E-state index in [0.29, 0.717) is 0 Å². The van der Waals surface area contributed by atoms with Crippen molar-refractivity contribution >= 4 is 11.6 Å². The molecule has 0 spiro atoms. The zero-order valence-electron chi connectivity index (χ0n) is 11.6. The highest BCUT2D eigenvalue weighted by atomic mass is 16.1. The minimum atomic E-state index is -0.00548. The summed E-state index contributed by atoms with van der Waals surface area (Å²) in [6, 6.07) is 6.05. The number of carbonyl (C=O) groups is 1. The summed E-state index contributed by atoms with van der Waals surface area (Å²) >= 11 is 0. The van der Waals surface area contributed by atoms with E-state index < -0.39 is 0 Å². The zero-order chi connectivity index (χ0) is 13.3. The molecule has 3 heteroatoms. The van der Waals surface area contributed by atoms with Crippen molar-refractivity contribution in [2.45, 2.75) is 51.0 Å². The van der Waals surface area contributed by atoms with Crippen LogP contribution in [-0.2, 0) is 6.42 Å². The molecule has 102 valence electrons. The molecular weight excluding hydrogens is 236 g/mol. The van der Waals surface area contributed by atoms with E-state index in [1.54, 1.807) is 0 Å². The van der Waals surface area contributed by atoms with Crippen molar-refractivity contribution in [1.82, 2.24) is 5.32 Å². The monoisotopic (exact) mass is 258 g/mol. The Bertz CT molecular complexity index is 490. The average Bonchev–Trinajstić information content (AvgIpc) is 2.84. The summed E-state index contributed by atoms with van der Waals surface area (Å²) in [5.74, 6) is 0.0793. The molecule has 1 aromatic rings. The van der Waals surface area contributed by atoms with Crippen LogP contribution in [0.1, 0.15) is 54.9 Å². The summed E-state index contributed by atoms with van der Waals surface area (Å²) in [6.07, 6.45) is 6.86. The summed E-state index contributed by atoms with van der Waals surface area (Å²) in [4.78, 5) is 12.5. The lowest BCUT2D eigenvalue weighted by Crippen LogP contribution is -2.43. The Morgan fingerprint density at radius 1 is 1.26 bits per heavy atom. The fourth-order valence-corrected chi connectivity index (χ4v) is 3.32. The van der Waals surface area contributed by atoms with Crippen molar-refractivity contribution in [2.75, 3.05) is 11.9 Å². The molecule has 0 unspecified atom stereocenters. The zero-order valence-corrected chi connectivity index (χ0v) is 11.6. The second-order valence-corrected chi connectivity index (χ2v) is 6.09. The molecule has 2 N–H and O–H groups in total. The molecular formula is C16H22N2O. The standard InChI is InChI=1S/C16H22N2O/c1-16(9-2-3-10-16)18-15(19)13-8-4-6-12-7-5-11-17-14(12)13/h4,6,8,17H,2-3,5,7,9-11H2,1H3,(H,18,19). The van der Waals surface area contributed by atoms with E-state index in [-0.39, 0.29) is 11.4 Å². The molecule has 1 fully saturated rings. The molecule has 3 rings (SSSR count). The molecule has 2 aliphatic rings. The second kappa shape index (κ2) is 4.87. The number of rotatable bonds is 2. The van der Waals surface area contributed by atoms with Crippen LogP contribution in [-0.4, -0.2) is 18.0 Å². The molecule has 1 aliphatic heterocycles. The van der Waals surface area contributed by atoms with Crippen LogP contribution in [0.4, 0.5) is 5.69 Å². The Morgan fingerprint density at radius 2 is 2.05 bits per heavy atom. The fourth-order valence-electron chi connectivity index (χ4n) is 3.32. The predicted octanol–water partition coefficient (Wildman–Crippen LogP) is 3.11. The van der Waals surface area contributed by atoms with Gasteiger partial charge in [0.1, 0.15) is 0 Å². The number of carbonyl (C=O) groups excluding carboxylic acids is 1. The van der Waals surface area contributed by atoms with Crippen LogP contribution >= 0.6 is 0 Å². The van der Waals surface area contributed by atoms with Crippen molar-refractivity contribution in [1.29, 1.82) is 0 Å². The fraction of sp³-hybridized carbons (Fsp3) is 0.562. The molecule has 0 bridgehead atoms. The summed E-state index contributed by atoms with van der Waals surface area (Å²) in [5, 5.41) is 6.63. The molecule has 1 aromatic carbocycles. The molecule has 1 heterocycles. The number of para-hydroxylation sites is 1. The van der Waals surface area contributed by atoms with Crippen LogP contribution in [0.2, 0.25) is 0 Å². The number of nitrogens with one attached hydrogen (secondary N) is 2. The van der Waals surface area contributed by atoms with Crippen molar-refractivity contribution in [3.05, 3.63) is 29.3 Å². The summed E-state index contributed by atoms with van der Waals surface area (Å²) in [7, 11) is 0. The molecule has 19 heavy (non-hydrogen) atoms. The van der Waals surface area contributed by atoms with Crippen LogP contribution < -0.4 is 10.6 Å². The molecule has 1 aliphatic carbocycles. The lowest BCUT2D eigenvalue weighted by atomic mass is 9.96. The van der Waals surface area contributed by atoms with Crippen molar-refractivity contribution in [3.8, 4) is 0 Å². The number of hydrogen-bond donors (Lipinski definition) is 2. The van der Waals surface area contributed by atoms with E-state index in [1.807, 2.05) is 12.1 Å². The number of fused-ring (bicyclic) bond motifs is 1. The molecule has 0 radical (unpaired) electrons. The highest BCUT2D eigenvalue weighted by Crippen LogP contribution is 2.31. The lowest BCUT2D eigenvalue weighted by molar-refractivity contribution is 0.0909. The van der Waals surface area contributed by atoms with Crippen molar-refractivity contribution in [3.63, 3.8) is 0 Å². The van der Waals surface area contributed by atoms with Crippen LogP contribution in [0.5, 0.6) is 0 Å². The van der Waals surface area contributed by atoms with Crippen LogP contribution in [0, 0.1) is 0 Å². The van der Waals surface area contributed by atoms with E-state index >= 15 is 0 Å². The van der Waals surface area contributed by atoms with Gasteiger partial charge in [0.25, 0.3) is 5.91 Å². The van der Waals surface area contributed by atoms with Gasteiger partial charge in [-0.3, -0.25) is 4.79 Å². The summed E-state index contributed by atoms with van der Waals surface area (Å²) in [5.41, 5.74) is 3.13. The Hall–Kier alpha value is -1.51. The first-order valence-corrected chi connectivity index (χ1v) is 7.36. The van der Waals surface area contributed by atoms with Gasteiger partial charge < -0.3 is 10.6 Å². The van der Waals surface area contributed by atoms with Gasteiger partial charge in [-0.25, -0.2) is 0 Å². The van der Waals surface area contributed by atoms with E-state index in [1.165, 1.54) is 18.4 Å². The first-order valence-electron chi connectivity index (χ1n) is 7.36. The van der Waals surface area contributed by atoms with Gasteiger partial charge >= 0.3 is 0 Å². The van der Waals surface area contributed by atoms with Crippen molar-refractivity contribution < 1.29 is 4.79 Å². The maximum atomic E-state index is 12.5. The highest BCUT2D eigenvalue weighted by Gasteiger charge is 2.31. The Kier molecular flexibility index (Phi) is 3.21. The Balaban J connectivity index is 1.83. The molecule has 0 aromatic heterocycles. The smallest absolute Gasteiger partial charge is 0.253 e. The van der Waals surface area contributed by atoms with E-state index in [4.69, 9.17) is 0 Å². The third-order valence-corrected chi connectivity index (χ3v) is 4.44. The molecule has 1 amide bonds. The minimum absolute atomic E-state index is 0.00548. The van der Waals surface area contributed by atoms with Gasteiger partial charge in [0.2, 0.25) is 0 Å². The minimum Gasteiger partial charge on any atom is -0.384 e. The normalized spacial score (nSPS) is 20.5. The van der Waals surface area contributed by atoms with Gasteiger partial charge in [-0.05, 0) is 44.2 Å². The number of benzene rings is 1. The SMILES string of the molecule is CC1(NC(=O)c2cccc3c2NCCC3)CCCC1. The Labute approximate surface area is 114 Å². The van der Waals surface area contributed by atoms with Crippen LogP contribution in [0.25, 0.3) is 0 Å². The third kappa shape index (κ3) is 2.46. The third-order valence-electron chi connectivity index (χ3n) is 4.44. The summed E-state index contributed by atoms with van der Waals surface area (Å²) < 4.78 is 0. The maximum Gasteiger partial charge on any atom is 0.253 e. The van der Waals surface area contributed by atoms with Crippen LogP contribution in [0.3, 0.4) is 0 Å². The van der Waals surface area contributed by atoms with Gasteiger partial charge in [0, 0.05) is 12.1 Å². The van der Waals surface area contributed by atoms with E-state index in [0.717, 1.165) is 43.5 Å².